The quantitative estimate of drug-likeness (QED) is 0.751. The predicted octanol–water partition coefficient (Wildman–Crippen LogP) is 1.60. The molecule has 5 nitrogen and oxygen atoms in total. The van der Waals surface area contributed by atoms with Crippen LogP contribution in [0.25, 0.3) is 0 Å². The Morgan fingerprint density at radius 1 is 1.19 bits per heavy atom. The van der Waals surface area contributed by atoms with Crippen LogP contribution < -0.4 is 10.6 Å². The van der Waals surface area contributed by atoms with Crippen molar-refractivity contribution in [2.45, 2.75) is 31.2 Å². The molecule has 1 fully saturated rings. The highest BCUT2D eigenvalue weighted by Gasteiger charge is 2.34. The molecule has 1 aliphatic rings. The molecule has 6 heteroatoms. The van der Waals surface area contributed by atoms with Crippen LogP contribution in [0.5, 0.6) is 0 Å². The van der Waals surface area contributed by atoms with Crippen molar-refractivity contribution in [2.24, 2.45) is 0 Å². The molecule has 0 radical (unpaired) electrons. The van der Waals surface area contributed by atoms with Gasteiger partial charge in [0.15, 0.2) is 0 Å². The van der Waals surface area contributed by atoms with Crippen molar-refractivity contribution in [1.29, 1.82) is 0 Å². The first-order valence-corrected chi connectivity index (χ1v) is 7.80. The van der Waals surface area contributed by atoms with Crippen LogP contribution in [0.2, 0.25) is 0 Å². The van der Waals surface area contributed by atoms with Gasteiger partial charge in [-0.3, -0.25) is 9.59 Å². The third kappa shape index (κ3) is 4.28. The van der Waals surface area contributed by atoms with Gasteiger partial charge < -0.3 is 15.7 Å². The molecule has 3 N–H and O–H groups in total. The zero-order valence-corrected chi connectivity index (χ0v) is 13.3. The lowest BCUT2D eigenvalue weighted by molar-refractivity contribution is -0.122. The van der Waals surface area contributed by atoms with Crippen LogP contribution >= 0.6 is 15.9 Å². The van der Waals surface area contributed by atoms with Crippen molar-refractivity contribution >= 4 is 27.7 Å². The summed E-state index contributed by atoms with van der Waals surface area (Å²) in [7, 11) is 0. The van der Waals surface area contributed by atoms with Gasteiger partial charge in [-0.25, -0.2) is 0 Å². The van der Waals surface area contributed by atoms with E-state index >= 15 is 0 Å². The molecule has 2 rings (SSSR count). The van der Waals surface area contributed by atoms with Gasteiger partial charge in [-0.05, 0) is 37.1 Å². The Bertz CT molecular complexity index is 510. The molecule has 0 saturated heterocycles. The number of amides is 2. The number of aliphatic hydroxyl groups excluding tert-OH is 1. The molecule has 21 heavy (non-hydrogen) atoms. The number of hydrogen-bond donors (Lipinski definition) is 3. The smallest absolute Gasteiger partial charge is 0.251 e. The normalized spacial score (nSPS) is 16.5. The Balaban J connectivity index is 1.83. The minimum Gasteiger partial charge on any atom is -0.394 e. The first-order chi connectivity index (χ1) is 10.0. The number of carbonyl (C=O) groups excluding carboxylic acids is 2. The summed E-state index contributed by atoms with van der Waals surface area (Å²) in [6.07, 6.45) is 3.59. The summed E-state index contributed by atoms with van der Waals surface area (Å²) in [5.74, 6) is -0.557. The van der Waals surface area contributed by atoms with E-state index in [1.54, 1.807) is 24.3 Å². The lowest BCUT2D eigenvalue weighted by Gasteiger charge is -2.28. The Hall–Kier alpha value is -1.40. The largest absolute Gasteiger partial charge is 0.394 e. The van der Waals surface area contributed by atoms with Crippen LogP contribution in [0.3, 0.4) is 0 Å². The topological polar surface area (TPSA) is 78.4 Å². The molecule has 114 valence electrons. The lowest BCUT2D eigenvalue weighted by Crippen LogP contribution is -2.52. The molecule has 0 heterocycles. The summed E-state index contributed by atoms with van der Waals surface area (Å²) in [6, 6.07) is 6.91. The minimum absolute atomic E-state index is 0.0562. The van der Waals surface area contributed by atoms with Crippen molar-refractivity contribution in [3.63, 3.8) is 0 Å². The molecule has 1 aromatic rings. The fourth-order valence-corrected chi connectivity index (χ4v) is 2.84. The van der Waals surface area contributed by atoms with Crippen LogP contribution in [-0.2, 0) is 4.79 Å². The van der Waals surface area contributed by atoms with Gasteiger partial charge in [-0.2, -0.15) is 0 Å². The van der Waals surface area contributed by atoms with Gasteiger partial charge in [0.1, 0.15) is 0 Å². The zero-order chi connectivity index (χ0) is 15.3. The number of halogens is 1. The van der Waals surface area contributed by atoms with Crippen LogP contribution in [0.15, 0.2) is 28.7 Å². The molecular formula is C15H19BrN2O3. The Kier molecular flexibility index (Phi) is 5.36. The van der Waals surface area contributed by atoms with Gasteiger partial charge in [-0.1, -0.05) is 28.8 Å². The van der Waals surface area contributed by atoms with E-state index in [9.17, 15) is 14.7 Å². The molecule has 0 aliphatic heterocycles. The molecule has 0 unspecified atom stereocenters. The number of nitrogens with one attached hydrogen (secondary N) is 2. The second-order valence-electron chi connectivity index (χ2n) is 5.38. The molecule has 1 saturated carbocycles. The highest BCUT2D eigenvalue weighted by Crippen LogP contribution is 2.28. The van der Waals surface area contributed by atoms with E-state index in [2.05, 4.69) is 26.6 Å². The van der Waals surface area contributed by atoms with Gasteiger partial charge in [0.05, 0.1) is 18.7 Å². The van der Waals surface area contributed by atoms with E-state index in [1.807, 2.05) is 0 Å². The van der Waals surface area contributed by atoms with Gasteiger partial charge >= 0.3 is 0 Å². The van der Waals surface area contributed by atoms with Crippen molar-refractivity contribution in [3.8, 4) is 0 Å². The van der Waals surface area contributed by atoms with Gasteiger partial charge in [0.2, 0.25) is 5.91 Å². The molecule has 0 bridgehead atoms. The van der Waals surface area contributed by atoms with Crippen molar-refractivity contribution in [1.82, 2.24) is 10.6 Å². The number of aliphatic hydroxyl groups is 1. The average molecular weight is 355 g/mol. The highest BCUT2D eigenvalue weighted by atomic mass is 79.9. The second-order valence-corrected chi connectivity index (χ2v) is 6.30. The summed E-state index contributed by atoms with van der Waals surface area (Å²) in [6.45, 7) is -0.143. The number of carbonyl (C=O) groups is 2. The maximum Gasteiger partial charge on any atom is 0.251 e. The summed E-state index contributed by atoms with van der Waals surface area (Å²) in [5, 5.41) is 14.9. The summed E-state index contributed by atoms with van der Waals surface area (Å²) < 4.78 is 0.892. The van der Waals surface area contributed by atoms with E-state index in [0.717, 1.165) is 30.2 Å². The molecule has 2 amide bonds. The maximum atomic E-state index is 11.9. The number of hydrogen-bond acceptors (Lipinski definition) is 3. The molecular weight excluding hydrogens is 336 g/mol. The van der Waals surface area contributed by atoms with Crippen molar-refractivity contribution in [2.75, 3.05) is 13.2 Å². The summed E-state index contributed by atoms with van der Waals surface area (Å²) >= 11 is 3.30. The summed E-state index contributed by atoms with van der Waals surface area (Å²) in [5.41, 5.74) is 0.00289. The second kappa shape index (κ2) is 7.04. The van der Waals surface area contributed by atoms with Crippen LogP contribution in [-0.4, -0.2) is 35.6 Å². The number of rotatable bonds is 5. The predicted molar refractivity (Wildman–Crippen MR) is 82.9 cm³/mol. The fourth-order valence-electron chi connectivity index (χ4n) is 2.58. The monoisotopic (exact) mass is 354 g/mol. The SMILES string of the molecule is O=C(CNC(=O)c1ccc(Br)cc1)NC1(CO)CCCC1. The van der Waals surface area contributed by atoms with Gasteiger partial charge in [0.25, 0.3) is 5.91 Å². The first kappa shape index (κ1) is 16.0. The van der Waals surface area contributed by atoms with Crippen LogP contribution in [0.1, 0.15) is 36.0 Å². The van der Waals surface area contributed by atoms with Gasteiger partial charge in [0, 0.05) is 10.0 Å². The highest BCUT2D eigenvalue weighted by molar-refractivity contribution is 9.10. The lowest BCUT2D eigenvalue weighted by atomic mass is 9.99. The van der Waals surface area contributed by atoms with Crippen LogP contribution in [0, 0.1) is 0 Å². The molecule has 0 aromatic heterocycles. The average Bonchev–Trinajstić information content (AvgIpc) is 2.94. The fraction of sp³-hybridized carbons (Fsp3) is 0.467. The number of benzene rings is 1. The van der Waals surface area contributed by atoms with E-state index < -0.39 is 5.54 Å². The van der Waals surface area contributed by atoms with E-state index in [4.69, 9.17) is 0 Å². The Morgan fingerprint density at radius 3 is 2.38 bits per heavy atom. The zero-order valence-electron chi connectivity index (χ0n) is 11.7. The molecule has 0 atom stereocenters. The molecule has 1 aromatic carbocycles. The molecule has 0 spiro atoms. The summed E-state index contributed by atoms with van der Waals surface area (Å²) in [4.78, 5) is 23.8. The maximum absolute atomic E-state index is 11.9. The Morgan fingerprint density at radius 2 is 1.81 bits per heavy atom. The van der Waals surface area contributed by atoms with E-state index in [-0.39, 0.29) is 25.0 Å². The van der Waals surface area contributed by atoms with Gasteiger partial charge in [-0.15, -0.1) is 0 Å². The standard InChI is InChI=1S/C15H19BrN2O3/c16-12-5-3-11(4-6-12)14(21)17-9-13(20)18-15(10-19)7-1-2-8-15/h3-6,19H,1-2,7-10H2,(H,17,21)(H,18,20). The van der Waals surface area contributed by atoms with Crippen LogP contribution in [0.4, 0.5) is 0 Å². The third-order valence-corrected chi connectivity index (χ3v) is 4.31. The van der Waals surface area contributed by atoms with E-state index in [0.29, 0.717) is 5.56 Å². The van der Waals surface area contributed by atoms with E-state index in [1.165, 1.54) is 0 Å². The van der Waals surface area contributed by atoms with Crippen molar-refractivity contribution < 1.29 is 14.7 Å². The Labute approximate surface area is 132 Å². The molecule has 1 aliphatic carbocycles. The van der Waals surface area contributed by atoms with Crippen molar-refractivity contribution in [3.05, 3.63) is 34.3 Å². The first-order valence-electron chi connectivity index (χ1n) is 7.00. The minimum atomic E-state index is -0.501. The third-order valence-electron chi connectivity index (χ3n) is 3.78.